The lowest BCUT2D eigenvalue weighted by Gasteiger charge is -2.10. The summed E-state index contributed by atoms with van der Waals surface area (Å²) in [5, 5.41) is 8.34. The average molecular weight is 237 g/mol. The maximum Gasteiger partial charge on any atom is 0.119 e. The molecule has 5 nitrogen and oxygen atoms in total. The highest BCUT2D eigenvalue weighted by atomic mass is 16.5. The minimum atomic E-state index is 0.707. The van der Waals surface area contributed by atoms with Gasteiger partial charge in [-0.3, -0.25) is 10.7 Å². The van der Waals surface area contributed by atoms with Gasteiger partial charge in [-0.2, -0.15) is 0 Å². The Morgan fingerprint density at radius 1 is 1.35 bits per heavy atom. The highest BCUT2D eigenvalue weighted by Crippen LogP contribution is 2.17. The lowest BCUT2D eigenvalue weighted by atomic mass is 10.3. The Morgan fingerprint density at radius 2 is 2.06 bits per heavy atom. The number of hydrogen-bond acceptors (Lipinski definition) is 4. The SMILES string of the molecule is CN(C)CCCOc1ccc(N=CNO)cc1. The number of nitrogens with one attached hydrogen (secondary N) is 1. The second-order valence-electron chi connectivity index (χ2n) is 3.89. The van der Waals surface area contributed by atoms with Crippen LogP contribution in [0.1, 0.15) is 6.42 Å². The van der Waals surface area contributed by atoms with Gasteiger partial charge >= 0.3 is 0 Å². The van der Waals surface area contributed by atoms with Crippen molar-refractivity contribution >= 4 is 12.0 Å². The van der Waals surface area contributed by atoms with Gasteiger partial charge < -0.3 is 9.64 Å². The van der Waals surface area contributed by atoms with Crippen LogP contribution < -0.4 is 10.2 Å². The molecular formula is C12H19N3O2. The van der Waals surface area contributed by atoms with Gasteiger partial charge in [0.1, 0.15) is 12.1 Å². The molecule has 1 aromatic rings. The van der Waals surface area contributed by atoms with Crippen molar-refractivity contribution in [2.75, 3.05) is 27.2 Å². The van der Waals surface area contributed by atoms with Gasteiger partial charge in [0.15, 0.2) is 0 Å². The van der Waals surface area contributed by atoms with Crippen LogP contribution in [-0.2, 0) is 0 Å². The summed E-state index contributed by atoms with van der Waals surface area (Å²) in [6.07, 6.45) is 2.22. The summed E-state index contributed by atoms with van der Waals surface area (Å²) >= 11 is 0. The van der Waals surface area contributed by atoms with Crippen molar-refractivity contribution in [1.29, 1.82) is 0 Å². The van der Waals surface area contributed by atoms with Gasteiger partial charge in [-0.15, -0.1) is 0 Å². The molecule has 0 atom stereocenters. The molecule has 0 aromatic heterocycles. The Balaban J connectivity index is 2.32. The number of benzene rings is 1. The molecule has 0 aliphatic heterocycles. The van der Waals surface area contributed by atoms with Crippen LogP contribution in [0.2, 0.25) is 0 Å². The third-order valence-corrected chi connectivity index (χ3v) is 2.13. The molecule has 0 amide bonds. The molecule has 17 heavy (non-hydrogen) atoms. The minimum absolute atomic E-state index is 0.707. The lowest BCUT2D eigenvalue weighted by Crippen LogP contribution is -2.15. The number of ether oxygens (including phenoxy) is 1. The van der Waals surface area contributed by atoms with Gasteiger partial charge in [-0.1, -0.05) is 0 Å². The molecule has 0 aliphatic carbocycles. The summed E-state index contributed by atoms with van der Waals surface area (Å²) < 4.78 is 5.57. The van der Waals surface area contributed by atoms with Crippen molar-refractivity contribution in [1.82, 2.24) is 10.4 Å². The first-order valence-electron chi connectivity index (χ1n) is 5.52. The zero-order valence-electron chi connectivity index (χ0n) is 10.3. The summed E-state index contributed by atoms with van der Waals surface area (Å²) in [7, 11) is 4.09. The van der Waals surface area contributed by atoms with E-state index in [9.17, 15) is 0 Å². The minimum Gasteiger partial charge on any atom is -0.494 e. The standard InChI is InChI=1S/C12H19N3O2/c1-15(2)8-3-9-17-12-6-4-11(5-7-12)13-10-14-16/h4-7,10,16H,3,8-9H2,1-2H3,(H,13,14). The van der Waals surface area contributed by atoms with Crippen molar-refractivity contribution in [3.05, 3.63) is 24.3 Å². The van der Waals surface area contributed by atoms with Gasteiger partial charge in [-0.25, -0.2) is 4.99 Å². The summed E-state index contributed by atoms with van der Waals surface area (Å²) in [6.45, 7) is 1.73. The second kappa shape index (κ2) is 7.65. The van der Waals surface area contributed by atoms with Crippen LogP contribution in [0.4, 0.5) is 5.69 Å². The summed E-state index contributed by atoms with van der Waals surface area (Å²) in [5.74, 6) is 0.833. The summed E-state index contributed by atoms with van der Waals surface area (Å²) in [5.41, 5.74) is 2.61. The topological polar surface area (TPSA) is 57.1 Å². The van der Waals surface area contributed by atoms with E-state index in [4.69, 9.17) is 9.94 Å². The maximum atomic E-state index is 8.34. The molecule has 0 unspecified atom stereocenters. The van der Waals surface area contributed by atoms with Crippen LogP contribution in [0.5, 0.6) is 5.75 Å². The largest absolute Gasteiger partial charge is 0.494 e. The molecule has 1 rings (SSSR count). The molecule has 0 spiro atoms. The first kappa shape index (κ1) is 13.5. The Hall–Kier alpha value is -1.59. The molecule has 0 radical (unpaired) electrons. The second-order valence-corrected chi connectivity index (χ2v) is 3.89. The normalized spacial score (nSPS) is 11.1. The average Bonchev–Trinajstić information content (AvgIpc) is 2.33. The highest BCUT2D eigenvalue weighted by Gasteiger charge is 1.95. The smallest absolute Gasteiger partial charge is 0.119 e. The van der Waals surface area contributed by atoms with E-state index in [1.54, 1.807) is 0 Å². The summed E-state index contributed by atoms with van der Waals surface area (Å²) in [6, 6.07) is 7.38. The molecular weight excluding hydrogens is 218 g/mol. The van der Waals surface area contributed by atoms with Gasteiger partial charge in [0, 0.05) is 6.54 Å². The maximum absolute atomic E-state index is 8.34. The third kappa shape index (κ3) is 5.89. The first-order valence-corrected chi connectivity index (χ1v) is 5.52. The molecule has 0 aliphatic rings. The number of aliphatic imine (C=N–C) groups is 1. The zero-order valence-corrected chi connectivity index (χ0v) is 10.3. The monoisotopic (exact) mass is 237 g/mol. The van der Waals surface area contributed by atoms with E-state index in [1.165, 1.54) is 6.34 Å². The van der Waals surface area contributed by atoms with Crippen molar-refractivity contribution in [3.8, 4) is 5.75 Å². The Kier molecular flexibility index (Phi) is 6.06. The third-order valence-electron chi connectivity index (χ3n) is 2.13. The van der Waals surface area contributed by atoms with Crippen molar-refractivity contribution < 1.29 is 9.94 Å². The Morgan fingerprint density at radius 3 is 2.65 bits per heavy atom. The van der Waals surface area contributed by atoms with E-state index in [0.29, 0.717) is 6.61 Å². The van der Waals surface area contributed by atoms with Crippen LogP contribution in [0.25, 0.3) is 0 Å². The van der Waals surface area contributed by atoms with Crippen molar-refractivity contribution in [2.24, 2.45) is 4.99 Å². The van der Waals surface area contributed by atoms with Gasteiger partial charge in [-0.05, 0) is 44.8 Å². The van der Waals surface area contributed by atoms with E-state index in [-0.39, 0.29) is 0 Å². The van der Waals surface area contributed by atoms with Gasteiger partial charge in [0.05, 0.1) is 12.3 Å². The Labute approximate surface area is 102 Å². The molecule has 0 saturated heterocycles. The molecule has 0 saturated carbocycles. The van der Waals surface area contributed by atoms with E-state index < -0.39 is 0 Å². The van der Waals surface area contributed by atoms with Crippen molar-refractivity contribution in [2.45, 2.75) is 6.42 Å². The molecule has 2 N–H and O–H groups in total. The number of hydroxylamine groups is 1. The molecule has 5 heteroatoms. The predicted molar refractivity (Wildman–Crippen MR) is 68.2 cm³/mol. The number of rotatable bonds is 7. The molecule has 0 heterocycles. The fraction of sp³-hybridized carbons (Fsp3) is 0.417. The molecule has 0 fully saturated rings. The first-order chi connectivity index (χ1) is 8.22. The molecule has 1 aromatic carbocycles. The Bertz CT molecular complexity index is 336. The molecule has 94 valence electrons. The summed E-state index contributed by atoms with van der Waals surface area (Å²) in [4.78, 5) is 6.07. The van der Waals surface area contributed by atoms with Crippen molar-refractivity contribution in [3.63, 3.8) is 0 Å². The zero-order chi connectivity index (χ0) is 12.5. The lowest BCUT2D eigenvalue weighted by molar-refractivity contribution is 0.240. The number of hydrogen-bond donors (Lipinski definition) is 2. The number of nitrogens with zero attached hydrogens (tertiary/aromatic N) is 2. The highest BCUT2D eigenvalue weighted by molar-refractivity contribution is 5.59. The molecule has 0 bridgehead atoms. The van der Waals surface area contributed by atoms with Crippen LogP contribution in [-0.4, -0.2) is 43.7 Å². The van der Waals surface area contributed by atoms with Gasteiger partial charge in [0.25, 0.3) is 0 Å². The van der Waals surface area contributed by atoms with E-state index in [0.717, 1.165) is 24.4 Å². The fourth-order valence-corrected chi connectivity index (χ4v) is 1.30. The van der Waals surface area contributed by atoms with Crippen LogP contribution >= 0.6 is 0 Å². The van der Waals surface area contributed by atoms with E-state index >= 15 is 0 Å². The van der Waals surface area contributed by atoms with Crippen LogP contribution in [0, 0.1) is 0 Å². The quantitative estimate of drug-likeness (QED) is 0.328. The van der Waals surface area contributed by atoms with E-state index in [2.05, 4.69) is 9.89 Å². The van der Waals surface area contributed by atoms with Crippen LogP contribution in [0.15, 0.2) is 29.3 Å². The van der Waals surface area contributed by atoms with Gasteiger partial charge in [0.2, 0.25) is 0 Å². The van der Waals surface area contributed by atoms with Crippen LogP contribution in [0.3, 0.4) is 0 Å². The van der Waals surface area contributed by atoms with E-state index in [1.807, 2.05) is 43.8 Å². The predicted octanol–water partition coefficient (Wildman–Crippen LogP) is 1.66. The fourth-order valence-electron chi connectivity index (χ4n) is 1.30.